The summed E-state index contributed by atoms with van der Waals surface area (Å²) in [5.74, 6) is 1.35. The minimum atomic E-state index is -0.282. The minimum absolute atomic E-state index is 0.282. The highest BCUT2D eigenvalue weighted by atomic mass is 32.1. The van der Waals surface area contributed by atoms with Crippen molar-refractivity contribution in [3.05, 3.63) is 27.8 Å². The zero-order valence-electron chi connectivity index (χ0n) is 15.6. The molecule has 1 aliphatic heterocycles. The van der Waals surface area contributed by atoms with E-state index in [1.807, 2.05) is 32.3 Å². The number of carbonyl (C=O) groups excluding carboxylic acids is 1. The molecule has 9 heteroatoms. The molecule has 0 spiro atoms. The number of nitrogens with zero attached hydrogens (tertiary/aromatic N) is 5. The molecule has 0 aliphatic carbocycles. The van der Waals surface area contributed by atoms with Crippen LogP contribution in [0.2, 0.25) is 0 Å². The highest BCUT2D eigenvalue weighted by Gasteiger charge is 2.26. The first-order valence-corrected chi connectivity index (χ1v) is 10.6. The summed E-state index contributed by atoms with van der Waals surface area (Å²) in [6.45, 7) is 9.54. The number of rotatable bonds is 4. The Hall–Kier alpha value is -2.26. The number of aryl methyl sites for hydroxylation is 2. The molecular formula is C18H21N5O2S2. The van der Waals surface area contributed by atoms with Crippen LogP contribution < -0.4 is 9.80 Å². The Morgan fingerprint density at radius 2 is 1.93 bits per heavy atom. The second kappa shape index (κ2) is 7.40. The minimum Gasteiger partial charge on any atom is -0.462 e. The number of fused-ring (bicyclic) bond motifs is 1. The molecule has 0 aromatic carbocycles. The standard InChI is InChI=1S/C18H21N5O2S2/c1-4-25-17(24)14-11(2)13-15(20-12(3)21-16(13)27-14)22-6-8-23(9-7-22)18-19-5-10-26-18/h5,10H,4,6-9H2,1-3H3. The molecule has 1 saturated heterocycles. The van der Waals surface area contributed by atoms with Crippen molar-refractivity contribution in [3.8, 4) is 0 Å². The van der Waals surface area contributed by atoms with E-state index in [0.29, 0.717) is 11.5 Å². The van der Waals surface area contributed by atoms with Crippen molar-refractivity contribution < 1.29 is 9.53 Å². The van der Waals surface area contributed by atoms with E-state index in [0.717, 1.165) is 58.7 Å². The van der Waals surface area contributed by atoms with Crippen LogP contribution in [-0.4, -0.2) is 53.7 Å². The molecule has 4 heterocycles. The van der Waals surface area contributed by atoms with Crippen LogP contribution in [0.15, 0.2) is 11.6 Å². The molecule has 3 aromatic rings. The summed E-state index contributed by atoms with van der Waals surface area (Å²) in [6.07, 6.45) is 1.84. The first kappa shape index (κ1) is 18.1. The smallest absolute Gasteiger partial charge is 0.348 e. The van der Waals surface area contributed by atoms with E-state index < -0.39 is 0 Å². The maximum atomic E-state index is 12.3. The van der Waals surface area contributed by atoms with Crippen molar-refractivity contribution in [2.24, 2.45) is 0 Å². The molecule has 3 aromatic heterocycles. The molecule has 1 aliphatic rings. The van der Waals surface area contributed by atoms with E-state index in [-0.39, 0.29) is 5.97 Å². The lowest BCUT2D eigenvalue weighted by Gasteiger charge is -2.35. The van der Waals surface area contributed by atoms with Gasteiger partial charge in [-0.25, -0.2) is 19.7 Å². The average Bonchev–Trinajstić information content (AvgIpc) is 3.30. The Morgan fingerprint density at radius 3 is 2.59 bits per heavy atom. The van der Waals surface area contributed by atoms with Gasteiger partial charge in [0.15, 0.2) is 5.13 Å². The molecule has 1 fully saturated rings. The van der Waals surface area contributed by atoms with Crippen LogP contribution in [-0.2, 0) is 4.74 Å². The van der Waals surface area contributed by atoms with Crippen molar-refractivity contribution in [2.45, 2.75) is 20.8 Å². The van der Waals surface area contributed by atoms with E-state index >= 15 is 0 Å². The van der Waals surface area contributed by atoms with E-state index in [1.165, 1.54) is 11.3 Å². The maximum Gasteiger partial charge on any atom is 0.348 e. The van der Waals surface area contributed by atoms with Crippen LogP contribution in [0.5, 0.6) is 0 Å². The summed E-state index contributed by atoms with van der Waals surface area (Å²) >= 11 is 3.06. The molecule has 0 unspecified atom stereocenters. The van der Waals surface area contributed by atoms with Gasteiger partial charge in [-0.15, -0.1) is 22.7 Å². The Morgan fingerprint density at radius 1 is 1.19 bits per heavy atom. The molecule has 27 heavy (non-hydrogen) atoms. The number of hydrogen-bond donors (Lipinski definition) is 0. The number of anilines is 2. The predicted octanol–water partition coefficient (Wildman–Crippen LogP) is 3.27. The zero-order chi connectivity index (χ0) is 19.0. The van der Waals surface area contributed by atoms with Gasteiger partial charge >= 0.3 is 5.97 Å². The van der Waals surface area contributed by atoms with E-state index in [9.17, 15) is 4.79 Å². The number of thiazole rings is 1. The van der Waals surface area contributed by atoms with Gasteiger partial charge < -0.3 is 14.5 Å². The SMILES string of the molecule is CCOC(=O)c1sc2nc(C)nc(N3CCN(c4nccs4)CC3)c2c1C. The monoisotopic (exact) mass is 403 g/mol. The van der Waals surface area contributed by atoms with Crippen LogP contribution in [0.3, 0.4) is 0 Å². The topological polar surface area (TPSA) is 71.5 Å². The molecule has 4 rings (SSSR count). The van der Waals surface area contributed by atoms with Crippen LogP contribution in [0.1, 0.15) is 28.0 Å². The number of aromatic nitrogens is 3. The molecule has 0 N–H and O–H groups in total. The molecule has 0 bridgehead atoms. The first-order valence-electron chi connectivity index (χ1n) is 8.92. The first-order chi connectivity index (χ1) is 13.1. The summed E-state index contributed by atoms with van der Waals surface area (Å²) in [4.78, 5) is 32.1. The van der Waals surface area contributed by atoms with E-state index in [4.69, 9.17) is 9.72 Å². The quantitative estimate of drug-likeness (QED) is 0.619. The van der Waals surface area contributed by atoms with Gasteiger partial charge in [-0.1, -0.05) is 0 Å². The number of thiophene rings is 1. The lowest BCUT2D eigenvalue weighted by molar-refractivity contribution is 0.0531. The fraction of sp³-hybridized carbons (Fsp3) is 0.444. The number of hydrogen-bond acceptors (Lipinski definition) is 9. The van der Waals surface area contributed by atoms with Gasteiger partial charge in [0.05, 0.1) is 12.0 Å². The molecule has 7 nitrogen and oxygen atoms in total. The predicted molar refractivity (Wildman–Crippen MR) is 109 cm³/mol. The van der Waals surface area contributed by atoms with Crippen molar-refractivity contribution in [1.29, 1.82) is 0 Å². The fourth-order valence-electron chi connectivity index (χ4n) is 3.32. The number of esters is 1. The van der Waals surface area contributed by atoms with E-state index in [2.05, 4.69) is 19.8 Å². The normalized spacial score (nSPS) is 14.8. The van der Waals surface area contributed by atoms with Crippen LogP contribution in [0, 0.1) is 13.8 Å². The van der Waals surface area contributed by atoms with Crippen molar-refractivity contribution in [2.75, 3.05) is 42.6 Å². The van der Waals surface area contributed by atoms with Crippen molar-refractivity contribution in [3.63, 3.8) is 0 Å². The largest absolute Gasteiger partial charge is 0.462 e. The van der Waals surface area contributed by atoms with Crippen LogP contribution in [0.4, 0.5) is 10.9 Å². The summed E-state index contributed by atoms with van der Waals surface area (Å²) < 4.78 is 5.21. The summed E-state index contributed by atoms with van der Waals surface area (Å²) in [5.41, 5.74) is 0.908. The second-order valence-electron chi connectivity index (χ2n) is 6.34. The molecule has 0 amide bonds. The van der Waals surface area contributed by atoms with Gasteiger partial charge in [0.1, 0.15) is 21.3 Å². The van der Waals surface area contributed by atoms with Gasteiger partial charge in [-0.05, 0) is 26.3 Å². The highest BCUT2D eigenvalue weighted by Crippen LogP contribution is 2.36. The van der Waals surface area contributed by atoms with Crippen molar-refractivity contribution >= 4 is 49.8 Å². The third-order valence-corrected chi connectivity index (χ3v) is 6.61. The average molecular weight is 404 g/mol. The Bertz CT molecular complexity index is 962. The maximum absolute atomic E-state index is 12.3. The van der Waals surface area contributed by atoms with Gasteiger partial charge in [-0.3, -0.25) is 0 Å². The molecular weight excluding hydrogens is 382 g/mol. The Labute approximate surface area is 165 Å². The lowest BCUT2D eigenvalue weighted by atomic mass is 10.2. The summed E-state index contributed by atoms with van der Waals surface area (Å²) in [6, 6.07) is 0. The van der Waals surface area contributed by atoms with E-state index in [1.54, 1.807) is 11.3 Å². The van der Waals surface area contributed by atoms with Gasteiger partial charge in [0.25, 0.3) is 0 Å². The third kappa shape index (κ3) is 3.37. The van der Waals surface area contributed by atoms with Gasteiger partial charge in [0, 0.05) is 37.8 Å². The molecule has 0 radical (unpaired) electrons. The molecule has 142 valence electrons. The van der Waals surface area contributed by atoms with Gasteiger partial charge in [0.2, 0.25) is 0 Å². The third-order valence-electron chi connectivity index (χ3n) is 4.61. The van der Waals surface area contributed by atoms with Crippen LogP contribution in [0.25, 0.3) is 10.2 Å². The zero-order valence-corrected chi connectivity index (χ0v) is 17.2. The Balaban J connectivity index is 1.66. The number of carbonyl (C=O) groups is 1. The fourth-order valence-corrected chi connectivity index (χ4v) is 5.13. The highest BCUT2D eigenvalue weighted by molar-refractivity contribution is 7.20. The number of piperazine rings is 1. The molecule has 0 atom stereocenters. The van der Waals surface area contributed by atoms with Crippen molar-refractivity contribution in [1.82, 2.24) is 15.0 Å². The second-order valence-corrected chi connectivity index (χ2v) is 8.21. The van der Waals surface area contributed by atoms with Crippen LogP contribution >= 0.6 is 22.7 Å². The summed E-state index contributed by atoms with van der Waals surface area (Å²) in [7, 11) is 0. The molecule has 0 saturated carbocycles. The Kier molecular flexibility index (Phi) is 4.96. The van der Waals surface area contributed by atoms with Gasteiger partial charge in [-0.2, -0.15) is 0 Å². The lowest BCUT2D eigenvalue weighted by Crippen LogP contribution is -2.47. The number of ether oxygens (including phenoxy) is 1. The summed E-state index contributed by atoms with van der Waals surface area (Å²) in [5, 5.41) is 4.04.